The van der Waals surface area contributed by atoms with Crippen molar-refractivity contribution in [2.45, 2.75) is 6.92 Å². The molecule has 2 amide bonds. The summed E-state index contributed by atoms with van der Waals surface area (Å²) >= 11 is 0. The first-order valence-corrected chi connectivity index (χ1v) is 9.02. The number of amides is 2. The minimum Gasteiger partial charge on any atom is -0.367 e. The van der Waals surface area contributed by atoms with E-state index in [2.05, 4.69) is 40.3 Å². The smallest absolute Gasteiger partial charge is 0.321 e. The van der Waals surface area contributed by atoms with Gasteiger partial charge in [-0.15, -0.1) is 0 Å². The summed E-state index contributed by atoms with van der Waals surface area (Å²) in [4.78, 5) is 21.0. The van der Waals surface area contributed by atoms with E-state index in [-0.39, 0.29) is 11.8 Å². The highest BCUT2D eigenvalue weighted by molar-refractivity contribution is 5.92. The lowest BCUT2D eigenvalue weighted by Crippen LogP contribution is -2.50. The van der Waals surface area contributed by atoms with Crippen LogP contribution in [0, 0.1) is 12.7 Å². The van der Waals surface area contributed by atoms with Crippen LogP contribution in [0.25, 0.3) is 10.9 Å². The van der Waals surface area contributed by atoms with Gasteiger partial charge in [-0.25, -0.2) is 9.18 Å². The van der Waals surface area contributed by atoms with Crippen molar-refractivity contribution in [3.8, 4) is 0 Å². The van der Waals surface area contributed by atoms with Crippen LogP contribution in [0.3, 0.4) is 0 Å². The number of rotatable bonds is 2. The van der Waals surface area contributed by atoms with Crippen LogP contribution in [-0.2, 0) is 0 Å². The van der Waals surface area contributed by atoms with E-state index in [9.17, 15) is 9.18 Å². The summed E-state index contributed by atoms with van der Waals surface area (Å²) in [6.07, 6.45) is 1.84. The molecule has 2 heterocycles. The van der Waals surface area contributed by atoms with Gasteiger partial charge < -0.3 is 15.1 Å². The number of aryl methyl sites for hydroxylation is 1. The molecule has 4 rings (SSSR count). The standard InChI is InChI=1S/C21H21FN4O/c1-15-2-7-18-19(14-15)23-9-8-20(18)25-10-12-26(13-11-25)21(27)24-17-5-3-16(22)4-6-17/h2-9,14H,10-13H2,1H3,(H,24,27). The zero-order valence-corrected chi connectivity index (χ0v) is 15.2. The molecule has 0 unspecified atom stereocenters. The molecule has 0 atom stereocenters. The average Bonchev–Trinajstić information content (AvgIpc) is 2.69. The van der Waals surface area contributed by atoms with Gasteiger partial charge in [0.2, 0.25) is 0 Å². The highest BCUT2D eigenvalue weighted by atomic mass is 19.1. The molecule has 3 aromatic rings. The number of pyridine rings is 1. The van der Waals surface area contributed by atoms with Crippen LogP contribution >= 0.6 is 0 Å². The Hall–Kier alpha value is -3.15. The summed E-state index contributed by atoms with van der Waals surface area (Å²) < 4.78 is 13.0. The Labute approximate surface area is 157 Å². The number of urea groups is 1. The summed E-state index contributed by atoms with van der Waals surface area (Å²) in [5, 5.41) is 3.95. The molecular weight excluding hydrogens is 343 g/mol. The van der Waals surface area contributed by atoms with E-state index in [0.717, 1.165) is 29.7 Å². The number of carbonyl (C=O) groups is 1. The van der Waals surface area contributed by atoms with Crippen molar-refractivity contribution in [1.29, 1.82) is 0 Å². The van der Waals surface area contributed by atoms with E-state index in [1.807, 2.05) is 12.3 Å². The topological polar surface area (TPSA) is 48.5 Å². The number of aromatic nitrogens is 1. The number of hydrogen-bond donors (Lipinski definition) is 1. The summed E-state index contributed by atoms with van der Waals surface area (Å²) in [5.41, 5.74) is 3.93. The Bertz CT molecular complexity index is 966. The van der Waals surface area contributed by atoms with Crippen molar-refractivity contribution in [1.82, 2.24) is 9.88 Å². The summed E-state index contributed by atoms with van der Waals surface area (Å²) in [5.74, 6) is -0.318. The van der Waals surface area contributed by atoms with Gasteiger partial charge >= 0.3 is 6.03 Å². The van der Waals surface area contributed by atoms with Gasteiger partial charge in [0.05, 0.1) is 5.52 Å². The second-order valence-corrected chi connectivity index (χ2v) is 6.76. The molecule has 2 aromatic carbocycles. The third-order valence-corrected chi connectivity index (χ3v) is 4.88. The third kappa shape index (κ3) is 3.69. The molecule has 0 spiro atoms. The molecule has 138 valence electrons. The van der Waals surface area contributed by atoms with E-state index >= 15 is 0 Å². The number of carbonyl (C=O) groups excluding carboxylic acids is 1. The van der Waals surface area contributed by atoms with Crippen molar-refractivity contribution in [2.75, 3.05) is 36.4 Å². The lowest BCUT2D eigenvalue weighted by atomic mass is 10.1. The van der Waals surface area contributed by atoms with E-state index in [1.54, 1.807) is 17.0 Å². The van der Waals surface area contributed by atoms with Crippen LogP contribution in [0.15, 0.2) is 54.7 Å². The second kappa shape index (κ2) is 7.23. The predicted octanol–water partition coefficient (Wildman–Crippen LogP) is 4.04. The molecular formula is C21H21FN4O. The van der Waals surface area contributed by atoms with Gasteiger partial charge in [0.1, 0.15) is 5.82 Å². The quantitative estimate of drug-likeness (QED) is 0.747. The number of nitrogens with zero attached hydrogens (tertiary/aromatic N) is 3. The zero-order valence-electron chi connectivity index (χ0n) is 15.2. The molecule has 6 heteroatoms. The Kier molecular flexibility index (Phi) is 4.62. The maximum absolute atomic E-state index is 13.0. The Morgan fingerprint density at radius 1 is 1.04 bits per heavy atom. The van der Waals surface area contributed by atoms with Gasteiger partial charge in [-0.2, -0.15) is 0 Å². The fraction of sp³-hybridized carbons (Fsp3) is 0.238. The van der Waals surface area contributed by atoms with E-state index in [4.69, 9.17) is 0 Å². The fourth-order valence-corrected chi connectivity index (χ4v) is 3.40. The molecule has 0 aliphatic carbocycles. The molecule has 0 bridgehead atoms. The van der Waals surface area contributed by atoms with Crippen molar-refractivity contribution in [2.24, 2.45) is 0 Å². The Balaban J connectivity index is 1.43. The third-order valence-electron chi connectivity index (χ3n) is 4.88. The zero-order chi connectivity index (χ0) is 18.8. The van der Waals surface area contributed by atoms with Crippen LogP contribution in [0.1, 0.15) is 5.56 Å². The number of piperazine rings is 1. The largest absolute Gasteiger partial charge is 0.367 e. The van der Waals surface area contributed by atoms with Crippen LogP contribution in [0.2, 0.25) is 0 Å². The first kappa shape index (κ1) is 17.3. The minimum absolute atomic E-state index is 0.156. The number of halogens is 1. The summed E-state index contributed by atoms with van der Waals surface area (Å²) in [6, 6.07) is 14.0. The molecule has 1 aliphatic rings. The average molecular weight is 364 g/mol. The summed E-state index contributed by atoms with van der Waals surface area (Å²) in [6.45, 7) is 4.82. The number of fused-ring (bicyclic) bond motifs is 1. The van der Waals surface area contributed by atoms with Gasteiger partial charge in [0, 0.05) is 49.1 Å². The number of hydrogen-bond acceptors (Lipinski definition) is 3. The van der Waals surface area contributed by atoms with Crippen molar-refractivity contribution in [3.63, 3.8) is 0 Å². The molecule has 0 saturated carbocycles. The van der Waals surface area contributed by atoms with Gasteiger partial charge in [0.15, 0.2) is 0 Å². The minimum atomic E-state index is -0.318. The normalized spacial score (nSPS) is 14.4. The van der Waals surface area contributed by atoms with E-state index < -0.39 is 0 Å². The fourth-order valence-electron chi connectivity index (χ4n) is 3.40. The van der Waals surface area contributed by atoms with Gasteiger partial charge in [-0.3, -0.25) is 4.98 Å². The number of nitrogens with one attached hydrogen (secondary N) is 1. The Morgan fingerprint density at radius 3 is 2.52 bits per heavy atom. The molecule has 1 saturated heterocycles. The lowest BCUT2D eigenvalue weighted by molar-refractivity contribution is 0.208. The molecule has 0 radical (unpaired) electrons. The summed E-state index contributed by atoms with van der Waals surface area (Å²) in [7, 11) is 0. The first-order valence-electron chi connectivity index (χ1n) is 9.02. The van der Waals surface area contributed by atoms with Crippen LogP contribution in [0.4, 0.5) is 20.6 Å². The molecule has 1 aromatic heterocycles. The molecule has 1 fully saturated rings. The van der Waals surface area contributed by atoms with Crippen molar-refractivity contribution >= 4 is 28.3 Å². The first-order chi connectivity index (χ1) is 13.1. The monoisotopic (exact) mass is 364 g/mol. The molecule has 27 heavy (non-hydrogen) atoms. The Morgan fingerprint density at radius 2 is 1.78 bits per heavy atom. The molecule has 1 aliphatic heterocycles. The SMILES string of the molecule is Cc1ccc2c(N3CCN(C(=O)Nc4ccc(F)cc4)CC3)ccnc2c1. The van der Waals surface area contributed by atoms with Crippen molar-refractivity contribution < 1.29 is 9.18 Å². The van der Waals surface area contributed by atoms with Crippen LogP contribution < -0.4 is 10.2 Å². The molecule has 5 nitrogen and oxygen atoms in total. The van der Waals surface area contributed by atoms with Crippen LogP contribution in [0.5, 0.6) is 0 Å². The highest BCUT2D eigenvalue weighted by Gasteiger charge is 2.22. The van der Waals surface area contributed by atoms with E-state index in [0.29, 0.717) is 18.8 Å². The van der Waals surface area contributed by atoms with Crippen molar-refractivity contribution in [3.05, 3.63) is 66.1 Å². The van der Waals surface area contributed by atoms with Gasteiger partial charge in [-0.05, 0) is 48.9 Å². The number of benzene rings is 2. The predicted molar refractivity (Wildman–Crippen MR) is 106 cm³/mol. The number of anilines is 2. The highest BCUT2D eigenvalue weighted by Crippen LogP contribution is 2.27. The van der Waals surface area contributed by atoms with Crippen LogP contribution in [-0.4, -0.2) is 42.1 Å². The maximum Gasteiger partial charge on any atom is 0.321 e. The lowest BCUT2D eigenvalue weighted by Gasteiger charge is -2.36. The second-order valence-electron chi connectivity index (χ2n) is 6.76. The maximum atomic E-state index is 13.0. The molecule has 1 N–H and O–H groups in total. The van der Waals surface area contributed by atoms with Gasteiger partial charge in [0.25, 0.3) is 0 Å². The van der Waals surface area contributed by atoms with Gasteiger partial charge in [-0.1, -0.05) is 12.1 Å². The van der Waals surface area contributed by atoms with E-state index in [1.165, 1.54) is 17.7 Å².